The van der Waals surface area contributed by atoms with Gasteiger partial charge in [-0.3, -0.25) is 4.90 Å². The normalized spacial score (nSPS) is 20.7. The van der Waals surface area contributed by atoms with Crippen molar-refractivity contribution in [3.8, 4) is 17.2 Å². The zero-order valence-electron chi connectivity index (χ0n) is 13.2. The van der Waals surface area contributed by atoms with Crippen molar-refractivity contribution in [3.05, 3.63) is 35.9 Å². The van der Waals surface area contributed by atoms with Crippen LogP contribution in [0.5, 0.6) is 17.2 Å². The molecule has 6 heteroatoms. The van der Waals surface area contributed by atoms with Crippen molar-refractivity contribution in [3.63, 3.8) is 0 Å². The molecular formula is C17H21N3O3. The second-order valence-electron chi connectivity index (χ2n) is 6.07. The lowest BCUT2D eigenvalue weighted by molar-refractivity contribution is 0.173. The quantitative estimate of drug-likeness (QED) is 0.939. The van der Waals surface area contributed by atoms with E-state index in [0.29, 0.717) is 5.92 Å². The first kappa shape index (κ1) is 14.4. The summed E-state index contributed by atoms with van der Waals surface area (Å²) in [6.45, 7) is 3.23. The molecule has 0 amide bonds. The number of H-pyrrole nitrogens is 1. The largest absolute Gasteiger partial charge is 0.496 e. The van der Waals surface area contributed by atoms with E-state index < -0.39 is 0 Å². The van der Waals surface area contributed by atoms with Crippen LogP contribution in [-0.2, 0) is 6.54 Å². The Balaban J connectivity index is 1.51. The monoisotopic (exact) mass is 315 g/mol. The number of nitrogens with zero attached hydrogens (tertiary/aromatic N) is 2. The van der Waals surface area contributed by atoms with Crippen molar-refractivity contribution < 1.29 is 14.2 Å². The smallest absolute Gasteiger partial charge is 0.231 e. The van der Waals surface area contributed by atoms with Gasteiger partial charge in [0.05, 0.1) is 7.11 Å². The van der Waals surface area contributed by atoms with Crippen LogP contribution in [0.15, 0.2) is 24.5 Å². The fraction of sp³-hybridized carbons (Fsp3) is 0.471. The third kappa shape index (κ3) is 2.86. The maximum atomic E-state index is 5.53. The number of benzene rings is 1. The fourth-order valence-corrected chi connectivity index (χ4v) is 3.44. The lowest BCUT2D eigenvalue weighted by Crippen LogP contribution is -2.34. The molecule has 3 heterocycles. The van der Waals surface area contributed by atoms with Crippen LogP contribution in [0.1, 0.15) is 30.1 Å². The van der Waals surface area contributed by atoms with Gasteiger partial charge in [-0.1, -0.05) is 0 Å². The first-order valence-electron chi connectivity index (χ1n) is 8.01. The molecule has 1 aromatic heterocycles. The molecule has 0 saturated carbocycles. The van der Waals surface area contributed by atoms with E-state index in [1.54, 1.807) is 7.11 Å². The molecule has 6 nitrogen and oxygen atoms in total. The molecule has 0 spiro atoms. The number of fused-ring (bicyclic) bond motifs is 1. The SMILES string of the molecule is COc1cc2c(cc1CN1CCCC(c3ncc[nH]3)C1)OCO2. The van der Waals surface area contributed by atoms with E-state index in [2.05, 4.69) is 14.9 Å². The zero-order valence-corrected chi connectivity index (χ0v) is 13.2. The van der Waals surface area contributed by atoms with E-state index >= 15 is 0 Å². The maximum absolute atomic E-state index is 5.53. The van der Waals surface area contributed by atoms with E-state index in [4.69, 9.17) is 14.2 Å². The Labute approximate surface area is 135 Å². The molecule has 122 valence electrons. The summed E-state index contributed by atoms with van der Waals surface area (Å²) in [5.41, 5.74) is 1.14. The summed E-state index contributed by atoms with van der Waals surface area (Å²) in [5, 5.41) is 0. The summed E-state index contributed by atoms with van der Waals surface area (Å²) in [4.78, 5) is 10.1. The fourth-order valence-electron chi connectivity index (χ4n) is 3.44. The van der Waals surface area contributed by atoms with Gasteiger partial charge in [-0.25, -0.2) is 4.98 Å². The van der Waals surface area contributed by atoms with Gasteiger partial charge in [-0.2, -0.15) is 0 Å². The van der Waals surface area contributed by atoms with E-state index in [1.807, 2.05) is 24.5 Å². The van der Waals surface area contributed by atoms with Crippen LogP contribution >= 0.6 is 0 Å². The number of hydrogen-bond acceptors (Lipinski definition) is 5. The Morgan fingerprint density at radius 2 is 2.22 bits per heavy atom. The van der Waals surface area contributed by atoms with E-state index in [0.717, 1.165) is 48.3 Å². The number of piperidine rings is 1. The highest BCUT2D eigenvalue weighted by atomic mass is 16.7. The molecule has 1 fully saturated rings. The van der Waals surface area contributed by atoms with Crippen molar-refractivity contribution >= 4 is 0 Å². The molecule has 4 rings (SSSR count). The number of ether oxygens (including phenoxy) is 3. The molecule has 1 unspecified atom stereocenters. The predicted molar refractivity (Wildman–Crippen MR) is 85.0 cm³/mol. The van der Waals surface area contributed by atoms with Gasteiger partial charge < -0.3 is 19.2 Å². The molecule has 0 bridgehead atoms. The second-order valence-corrected chi connectivity index (χ2v) is 6.07. The standard InChI is InChI=1S/C17H21N3O3/c1-21-14-8-16-15(22-11-23-16)7-13(14)10-20-6-2-3-12(9-20)17-18-4-5-19-17/h4-5,7-8,12H,2-3,6,9-11H2,1H3,(H,18,19). The summed E-state index contributed by atoms with van der Waals surface area (Å²) in [6, 6.07) is 3.96. The maximum Gasteiger partial charge on any atom is 0.231 e. The lowest BCUT2D eigenvalue weighted by Gasteiger charge is -2.32. The topological polar surface area (TPSA) is 59.6 Å². The minimum Gasteiger partial charge on any atom is -0.496 e. The first-order chi connectivity index (χ1) is 11.3. The van der Waals surface area contributed by atoms with Gasteiger partial charge in [0, 0.05) is 43.0 Å². The van der Waals surface area contributed by atoms with Crippen LogP contribution in [0, 0.1) is 0 Å². The summed E-state index contributed by atoms with van der Waals surface area (Å²) >= 11 is 0. The zero-order chi connectivity index (χ0) is 15.6. The van der Waals surface area contributed by atoms with E-state index in [-0.39, 0.29) is 6.79 Å². The molecule has 2 aromatic rings. The highest BCUT2D eigenvalue weighted by Gasteiger charge is 2.25. The van der Waals surface area contributed by atoms with E-state index in [9.17, 15) is 0 Å². The van der Waals surface area contributed by atoms with E-state index in [1.165, 1.54) is 12.8 Å². The number of aromatic amines is 1. The number of aromatic nitrogens is 2. The molecule has 0 radical (unpaired) electrons. The third-order valence-corrected chi connectivity index (χ3v) is 4.58. The molecule has 1 atom stereocenters. The van der Waals surface area contributed by atoms with Crippen LogP contribution in [0.3, 0.4) is 0 Å². The number of hydrogen-bond donors (Lipinski definition) is 1. The van der Waals surface area contributed by atoms with Crippen molar-refractivity contribution in [2.75, 3.05) is 27.0 Å². The molecule has 1 N–H and O–H groups in total. The van der Waals surface area contributed by atoms with Gasteiger partial charge >= 0.3 is 0 Å². The average Bonchev–Trinajstić information content (AvgIpc) is 3.25. The molecule has 23 heavy (non-hydrogen) atoms. The van der Waals surface area contributed by atoms with Gasteiger partial charge in [0.1, 0.15) is 11.6 Å². The molecule has 2 aliphatic heterocycles. The minimum absolute atomic E-state index is 0.284. The van der Waals surface area contributed by atoms with Gasteiger partial charge in [0.2, 0.25) is 6.79 Å². The molecule has 1 saturated heterocycles. The Morgan fingerprint density at radius 1 is 1.35 bits per heavy atom. The Hall–Kier alpha value is -2.21. The summed E-state index contributed by atoms with van der Waals surface area (Å²) in [6.07, 6.45) is 6.09. The van der Waals surface area contributed by atoms with Crippen LogP contribution < -0.4 is 14.2 Å². The molecule has 0 aliphatic carbocycles. The number of nitrogens with one attached hydrogen (secondary N) is 1. The molecule has 2 aliphatic rings. The van der Waals surface area contributed by atoms with Gasteiger partial charge in [-0.15, -0.1) is 0 Å². The number of rotatable bonds is 4. The van der Waals surface area contributed by atoms with Gasteiger partial charge in [0.15, 0.2) is 11.5 Å². The second kappa shape index (κ2) is 6.12. The molecule has 1 aromatic carbocycles. The average molecular weight is 315 g/mol. The molecular weight excluding hydrogens is 294 g/mol. The lowest BCUT2D eigenvalue weighted by atomic mass is 9.97. The minimum atomic E-state index is 0.284. The Morgan fingerprint density at radius 3 is 3.00 bits per heavy atom. The van der Waals surface area contributed by atoms with Gasteiger partial charge in [-0.05, 0) is 25.5 Å². The Kier molecular flexibility index (Phi) is 3.83. The highest BCUT2D eigenvalue weighted by Crippen LogP contribution is 2.39. The number of likely N-dealkylation sites (tertiary alicyclic amines) is 1. The predicted octanol–water partition coefficient (Wildman–Crippen LogP) is 2.53. The number of methoxy groups -OCH3 is 1. The van der Waals surface area contributed by atoms with Crippen LogP contribution in [0.25, 0.3) is 0 Å². The summed E-state index contributed by atoms with van der Waals surface area (Å²) in [7, 11) is 1.70. The van der Waals surface area contributed by atoms with Crippen molar-refractivity contribution in [2.24, 2.45) is 0 Å². The van der Waals surface area contributed by atoms with Crippen LogP contribution in [0.4, 0.5) is 0 Å². The van der Waals surface area contributed by atoms with Crippen molar-refractivity contribution in [1.82, 2.24) is 14.9 Å². The highest BCUT2D eigenvalue weighted by molar-refractivity contribution is 5.51. The van der Waals surface area contributed by atoms with Gasteiger partial charge in [0.25, 0.3) is 0 Å². The third-order valence-electron chi connectivity index (χ3n) is 4.58. The van der Waals surface area contributed by atoms with Crippen LogP contribution in [0.2, 0.25) is 0 Å². The van der Waals surface area contributed by atoms with Crippen molar-refractivity contribution in [2.45, 2.75) is 25.3 Å². The summed E-state index contributed by atoms with van der Waals surface area (Å²) in [5.74, 6) is 3.98. The first-order valence-corrected chi connectivity index (χ1v) is 8.01. The summed E-state index contributed by atoms with van der Waals surface area (Å²) < 4.78 is 16.5. The van der Waals surface area contributed by atoms with Crippen LogP contribution in [-0.4, -0.2) is 41.9 Å². The number of imidazole rings is 1. The van der Waals surface area contributed by atoms with Crippen molar-refractivity contribution in [1.29, 1.82) is 0 Å². The Bertz CT molecular complexity index is 672.